The Labute approximate surface area is 123 Å². The Morgan fingerprint density at radius 2 is 1.95 bits per heavy atom. The second kappa shape index (κ2) is 7.24. The Bertz CT molecular complexity index is 478. The SMILES string of the molecule is CCC(CO)(CO)Nc1cc(OC(C)C)cc([N+](=O)[O-])c1. The fraction of sp³-hybridized carbons (Fsp3) is 0.571. The van der Waals surface area contributed by atoms with Gasteiger partial charge in [0.25, 0.3) is 5.69 Å². The minimum absolute atomic E-state index is 0.114. The first-order valence-corrected chi connectivity index (χ1v) is 6.82. The number of hydrogen-bond donors (Lipinski definition) is 3. The van der Waals surface area contributed by atoms with Crippen LogP contribution in [0.1, 0.15) is 27.2 Å². The summed E-state index contributed by atoms with van der Waals surface area (Å²) >= 11 is 0. The molecule has 0 unspecified atom stereocenters. The normalized spacial score (nSPS) is 11.5. The van der Waals surface area contributed by atoms with Gasteiger partial charge in [-0.25, -0.2) is 0 Å². The minimum Gasteiger partial charge on any atom is -0.491 e. The van der Waals surface area contributed by atoms with Gasteiger partial charge in [0.15, 0.2) is 0 Å². The summed E-state index contributed by atoms with van der Waals surface area (Å²) in [6.07, 6.45) is 0.342. The highest BCUT2D eigenvalue weighted by Crippen LogP contribution is 2.29. The zero-order valence-corrected chi connectivity index (χ0v) is 12.5. The maximum Gasteiger partial charge on any atom is 0.275 e. The molecule has 0 radical (unpaired) electrons. The molecule has 1 aromatic rings. The lowest BCUT2D eigenvalue weighted by atomic mass is 9.98. The third-order valence-corrected chi connectivity index (χ3v) is 3.17. The van der Waals surface area contributed by atoms with Gasteiger partial charge in [-0.05, 0) is 20.3 Å². The molecule has 0 amide bonds. The van der Waals surface area contributed by atoms with Crippen LogP contribution in [0, 0.1) is 10.1 Å². The van der Waals surface area contributed by atoms with Crippen molar-refractivity contribution in [1.82, 2.24) is 0 Å². The van der Waals surface area contributed by atoms with E-state index in [1.54, 1.807) is 6.07 Å². The van der Waals surface area contributed by atoms with Gasteiger partial charge >= 0.3 is 0 Å². The van der Waals surface area contributed by atoms with Crippen molar-refractivity contribution in [1.29, 1.82) is 0 Å². The van der Waals surface area contributed by atoms with Gasteiger partial charge in [0, 0.05) is 17.8 Å². The van der Waals surface area contributed by atoms with Gasteiger partial charge in [-0.15, -0.1) is 0 Å². The molecule has 7 heteroatoms. The lowest BCUT2D eigenvalue weighted by molar-refractivity contribution is -0.384. The number of nitro benzene ring substituents is 1. The van der Waals surface area contributed by atoms with E-state index in [1.165, 1.54) is 12.1 Å². The van der Waals surface area contributed by atoms with Gasteiger partial charge < -0.3 is 20.3 Å². The van der Waals surface area contributed by atoms with Crippen LogP contribution in [-0.4, -0.2) is 40.0 Å². The maximum atomic E-state index is 11.0. The lowest BCUT2D eigenvalue weighted by Crippen LogP contribution is -2.45. The van der Waals surface area contributed by atoms with Crippen LogP contribution in [0.3, 0.4) is 0 Å². The van der Waals surface area contributed by atoms with Crippen molar-refractivity contribution >= 4 is 11.4 Å². The van der Waals surface area contributed by atoms with E-state index in [1.807, 2.05) is 20.8 Å². The molecule has 118 valence electrons. The Hall–Kier alpha value is -1.86. The van der Waals surface area contributed by atoms with Crippen LogP contribution in [0.2, 0.25) is 0 Å². The van der Waals surface area contributed by atoms with Crippen LogP contribution in [-0.2, 0) is 0 Å². The van der Waals surface area contributed by atoms with Crippen LogP contribution in [0.15, 0.2) is 18.2 Å². The highest BCUT2D eigenvalue weighted by atomic mass is 16.6. The minimum atomic E-state index is -0.926. The summed E-state index contributed by atoms with van der Waals surface area (Å²) < 4.78 is 5.49. The number of benzene rings is 1. The predicted octanol–water partition coefficient (Wildman–Crippen LogP) is 1.93. The van der Waals surface area contributed by atoms with Gasteiger partial charge in [0.1, 0.15) is 5.75 Å². The quantitative estimate of drug-likeness (QED) is 0.500. The molecule has 0 fully saturated rings. The van der Waals surface area contributed by atoms with Gasteiger partial charge in [-0.1, -0.05) is 6.92 Å². The van der Waals surface area contributed by atoms with E-state index in [0.29, 0.717) is 17.9 Å². The summed E-state index contributed by atoms with van der Waals surface area (Å²) in [5.74, 6) is 0.364. The molecular weight excluding hydrogens is 276 g/mol. The third-order valence-electron chi connectivity index (χ3n) is 3.17. The predicted molar refractivity (Wildman–Crippen MR) is 79.7 cm³/mol. The molecule has 0 bridgehead atoms. The molecule has 3 N–H and O–H groups in total. The van der Waals surface area contributed by atoms with Crippen molar-refractivity contribution in [3.8, 4) is 5.75 Å². The average Bonchev–Trinajstić information content (AvgIpc) is 2.44. The second-order valence-corrected chi connectivity index (χ2v) is 5.21. The first-order valence-electron chi connectivity index (χ1n) is 6.82. The van der Waals surface area contributed by atoms with Crippen molar-refractivity contribution in [3.63, 3.8) is 0 Å². The molecule has 0 aliphatic carbocycles. The lowest BCUT2D eigenvalue weighted by Gasteiger charge is -2.31. The van der Waals surface area contributed by atoms with E-state index in [-0.39, 0.29) is 25.0 Å². The van der Waals surface area contributed by atoms with Crippen molar-refractivity contribution in [2.45, 2.75) is 38.8 Å². The molecule has 1 aromatic carbocycles. The number of anilines is 1. The van der Waals surface area contributed by atoms with Crippen molar-refractivity contribution in [2.24, 2.45) is 0 Å². The van der Waals surface area contributed by atoms with E-state index in [9.17, 15) is 20.3 Å². The molecule has 0 aliphatic rings. The van der Waals surface area contributed by atoms with Crippen LogP contribution in [0.4, 0.5) is 11.4 Å². The molecule has 1 rings (SSSR count). The molecule has 0 atom stereocenters. The highest BCUT2D eigenvalue weighted by Gasteiger charge is 2.27. The van der Waals surface area contributed by atoms with E-state index >= 15 is 0 Å². The summed E-state index contributed by atoms with van der Waals surface area (Å²) in [6, 6.07) is 4.31. The second-order valence-electron chi connectivity index (χ2n) is 5.21. The van der Waals surface area contributed by atoms with E-state index in [4.69, 9.17) is 4.74 Å². The number of aliphatic hydroxyl groups excluding tert-OH is 2. The van der Waals surface area contributed by atoms with Gasteiger partial charge in [-0.3, -0.25) is 10.1 Å². The molecular formula is C14H22N2O5. The number of ether oxygens (including phenoxy) is 1. The molecule has 7 nitrogen and oxygen atoms in total. The Morgan fingerprint density at radius 1 is 1.33 bits per heavy atom. The fourth-order valence-electron chi connectivity index (χ4n) is 1.85. The number of aliphatic hydroxyl groups is 2. The largest absolute Gasteiger partial charge is 0.491 e. The van der Waals surface area contributed by atoms with Crippen LogP contribution < -0.4 is 10.1 Å². The monoisotopic (exact) mass is 298 g/mol. The standard InChI is InChI=1S/C14H22N2O5/c1-4-14(8-17,9-18)15-11-5-12(16(19)20)7-13(6-11)21-10(2)3/h5-7,10,15,17-18H,4,8-9H2,1-3H3. The number of nitro groups is 1. The fourth-order valence-corrected chi connectivity index (χ4v) is 1.85. The molecule has 0 spiro atoms. The van der Waals surface area contributed by atoms with Gasteiger partial charge in [-0.2, -0.15) is 0 Å². The maximum absolute atomic E-state index is 11.0. The summed E-state index contributed by atoms with van der Waals surface area (Å²) in [5.41, 5.74) is -0.619. The topological polar surface area (TPSA) is 105 Å². The molecule has 0 heterocycles. The number of rotatable bonds is 8. The van der Waals surface area contributed by atoms with Crippen molar-refractivity contribution in [2.75, 3.05) is 18.5 Å². The first kappa shape index (κ1) is 17.2. The van der Waals surface area contributed by atoms with Crippen molar-refractivity contribution < 1.29 is 19.9 Å². The zero-order chi connectivity index (χ0) is 16.0. The molecule has 0 aliphatic heterocycles. The van der Waals surface area contributed by atoms with E-state index < -0.39 is 10.5 Å². The number of hydrogen-bond acceptors (Lipinski definition) is 6. The summed E-state index contributed by atoms with van der Waals surface area (Å²) in [5, 5.41) is 32.8. The number of nitrogens with one attached hydrogen (secondary N) is 1. The third kappa shape index (κ3) is 4.57. The van der Waals surface area contributed by atoms with Crippen LogP contribution >= 0.6 is 0 Å². The van der Waals surface area contributed by atoms with Crippen molar-refractivity contribution in [3.05, 3.63) is 28.3 Å². The highest BCUT2D eigenvalue weighted by molar-refractivity contribution is 5.57. The molecule has 0 saturated heterocycles. The summed E-state index contributed by atoms with van der Waals surface area (Å²) in [7, 11) is 0. The smallest absolute Gasteiger partial charge is 0.275 e. The van der Waals surface area contributed by atoms with E-state index in [2.05, 4.69) is 5.32 Å². The Morgan fingerprint density at radius 3 is 2.38 bits per heavy atom. The van der Waals surface area contributed by atoms with Crippen LogP contribution in [0.5, 0.6) is 5.75 Å². The van der Waals surface area contributed by atoms with Gasteiger partial charge in [0.2, 0.25) is 0 Å². The molecule has 21 heavy (non-hydrogen) atoms. The number of non-ortho nitro benzene ring substituents is 1. The van der Waals surface area contributed by atoms with Gasteiger partial charge in [0.05, 0.1) is 35.8 Å². The average molecular weight is 298 g/mol. The summed E-state index contributed by atoms with van der Waals surface area (Å²) in [6.45, 7) is 4.88. The summed E-state index contributed by atoms with van der Waals surface area (Å²) in [4.78, 5) is 10.5. The molecule has 0 aromatic heterocycles. The van der Waals surface area contributed by atoms with Crippen LogP contribution in [0.25, 0.3) is 0 Å². The molecule has 0 saturated carbocycles. The first-order chi connectivity index (χ1) is 9.85. The zero-order valence-electron chi connectivity index (χ0n) is 12.5. The van der Waals surface area contributed by atoms with E-state index in [0.717, 1.165) is 0 Å². The Kier molecular flexibility index (Phi) is 5.92. The number of nitrogens with zero attached hydrogens (tertiary/aromatic N) is 1. The Balaban J connectivity index is 3.15.